The van der Waals surface area contributed by atoms with E-state index in [0.717, 1.165) is 5.92 Å². The lowest BCUT2D eigenvalue weighted by Gasteiger charge is -2.28. The van der Waals surface area contributed by atoms with Gasteiger partial charge in [0.25, 0.3) is 0 Å². The van der Waals surface area contributed by atoms with Gasteiger partial charge in [-0.2, -0.15) is 0 Å². The number of nitrogens with one attached hydrogen (secondary N) is 1. The van der Waals surface area contributed by atoms with Crippen molar-refractivity contribution in [2.75, 3.05) is 26.2 Å². The Balaban J connectivity index is 1.43. The fraction of sp³-hybridized carbons (Fsp3) is 0.667. The van der Waals surface area contributed by atoms with E-state index in [1.807, 2.05) is 0 Å². The van der Waals surface area contributed by atoms with E-state index in [1.54, 1.807) is 11.1 Å². The quantitative estimate of drug-likeness (QED) is 0.886. The monoisotopic (exact) mass is 272 g/mol. The summed E-state index contributed by atoms with van der Waals surface area (Å²) in [6.07, 6.45) is 6.56. The first-order valence-corrected chi connectivity index (χ1v) is 8.34. The molecule has 1 saturated heterocycles. The molecule has 20 heavy (non-hydrogen) atoms. The Hall–Kier alpha value is -0.860. The van der Waals surface area contributed by atoms with Crippen LogP contribution in [0.5, 0.6) is 0 Å². The summed E-state index contributed by atoms with van der Waals surface area (Å²) < 4.78 is 0. The molecule has 0 bridgehead atoms. The fourth-order valence-electron chi connectivity index (χ4n) is 3.71. The predicted octanol–water partition coefficient (Wildman–Crippen LogP) is 2.87. The minimum absolute atomic E-state index is 0.686. The van der Waals surface area contributed by atoms with Crippen LogP contribution in [0.2, 0.25) is 0 Å². The third-order valence-corrected chi connectivity index (χ3v) is 4.87. The SMILES string of the molecule is CC(CNC1CCc2ccccc2C1)CN1CCCC1. The minimum atomic E-state index is 0.686. The molecule has 1 N–H and O–H groups in total. The number of likely N-dealkylation sites (tertiary alicyclic amines) is 1. The van der Waals surface area contributed by atoms with Gasteiger partial charge in [0.15, 0.2) is 0 Å². The number of aryl methyl sites for hydroxylation is 1. The summed E-state index contributed by atoms with van der Waals surface area (Å²) in [5, 5.41) is 3.81. The highest BCUT2D eigenvalue weighted by atomic mass is 15.1. The molecular weight excluding hydrogens is 244 g/mol. The van der Waals surface area contributed by atoms with Gasteiger partial charge < -0.3 is 10.2 Å². The molecule has 2 atom stereocenters. The summed E-state index contributed by atoms with van der Waals surface area (Å²) in [5.74, 6) is 0.769. The maximum absolute atomic E-state index is 3.81. The molecule has 1 aromatic rings. The Morgan fingerprint density at radius 3 is 2.75 bits per heavy atom. The van der Waals surface area contributed by atoms with E-state index in [2.05, 4.69) is 41.4 Å². The third kappa shape index (κ3) is 3.62. The van der Waals surface area contributed by atoms with Gasteiger partial charge >= 0.3 is 0 Å². The molecule has 1 aliphatic carbocycles. The molecular formula is C18H28N2. The zero-order valence-electron chi connectivity index (χ0n) is 12.8. The van der Waals surface area contributed by atoms with E-state index in [9.17, 15) is 0 Å². The summed E-state index contributed by atoms with van der Waals surface area (Å²) in [7, 11) is 0. The summed E-state index contributed by atoms with van der Waals surface area (Å²) in [6, 6.07) is 9.63. The van der Waals surface area contributed by atoms with Gasteiger partial charge in [0.1, 0.15) is 0 Å². The van der Waals surface area contributed by atoms with Gasteiger partial charge in [0.2, 0.25) is 0 Å². The molecule has 0 spiro atoms. The van der Waals surface area contributed by atoms with Crippen molar-refractivity contribution in [2.45, 2.75) is 45.1 Å². The molecule has 110 valence electrons. The molecule has 0 amide bonds. The Kier molecular flexibility index (Phi) is 4.74. The van der Waals surface area contributed by atoms with E-state index in [4.69, 9.17) is 0 Å². The smallest absolute Gasteiger partial charge is 0.0111 e. The first-order chi connectivity index (χ1) is 9.81. The second-order valence-electron chi connectivity index (χ2n) is 6.73. The Bertz CT molecular complexity index is 423. The molecule has 1 heterocycles. The second kappa shape index (κ2) is 6.73. The van der Waals surface area contributed by atoms with E-state index >= 15 is 0 Å². The average molecular weight is 272 g/mol. The average Bonchev–Trinajstić information content (AvgIpc) is 2.98. The van der Waals surface area contributed by atoms with Crippen molar-refractivity contribution in [3.63, 3.8) is 0 Å². The van der Waals surface area contributed by atoms with Crippen LogP contribution >= 0.6 is 0 Å². The van der Waals surface area contributed by atoms with Crippen molar-refractivity contribution in [2.24, 2.45) is 5.92 Å². The van der Waals surface area contributed by atoms with E-state index in [1.165, 1.54) is 58.3 Å². The summed E-state index contributed by atoms with van der Waals surface area (Å²) in [4.78, 5) is 2.63. The lowest BCUT2D eigenvalue weighted by atomic mass is 9.88. The molecule has 2 unspecified atom stereocenters. The van der Waals surface area contributed by atoms with Crippen LogP contribution in [-0.4, -0.2) is 37.1 Å². The van der Waals surface area contributed by atoms with Crippen molar-refractivity contribution >= 4 is 0 Å². The van der Waals surface area contributed by atoms with Gasteiger partial charge in [0, 0.05) is 12.6 Å². The summed E-state index contributed by atoms with van der Waals surface area (Å²) in [6.45, 7) is 7.48. The summed E-state index contributed by atoms with van der Waals surface area (Å²) >= 11 is 0. The Morgan fingerprint density at radius 2 is 1.95 bits per heavy atom. The lowest BCUT2D eigenvalue weighted by molar-refractivity contribution is 0.275. The normalized spacial score (nSPS) is 24.6. The van der Waals surface area contributed by atoms with Crippen molar-refractivity contribution in [1.29, 1.82) is 0 Å². The standard InChI is InChI=1S/C18H28N2/c1-15(14-20-10-4-5-11-20)13-19-18-9-8-16-6-2-3-7-17(16)12-18/h2-3,6-7,15,18-19H,4-5,8-14H2,1H3. The number of hydrogen-bond acceptors (Lipinski definition) is 2. The number of nitrogens with zero attached hydrogens (tertiary/aromatic N) is 1. The lowest BCUT2D eigenvalue weighted by Crippen LogP contribution is -2.39. The van der Waals surface area contributed by atoms with Crippen LogP contribution in [0.25, 0.3) is 0 Å². The molecule has 3 rings (SSSR count). The Labute approximate surface area is 123 Å². The van der Waals surface area contributed by atoms with Gasteiger partial charge in [-0.3, -0.25) is 0 Å². The molecule has 1 aliphatic heterocycles. The van der Waals surface area contributed by atoms with Crippen LogP contribution in [0, 0.1) is 5.92 Å². The number of benzene rings is 1. The minimum Gasteiger partial charge on any atom is -0.313 e. The molecule has 1 aromatic carbocycles. The highest BCUT2D eigenvalue weighted by molar-refractivity contribution is 5.30. The fourth-order valence-corrected chi connectivity index (χ4v) is 3.71. The highest BCUT2D eigenvalue weighted by Gasteiger charge is 2.19. The van der Waals surface area contributed by atoms with Crippen LogP contribution < -0.4 is 5.32 Å². The number of hydrogen-bond donors (Lipinski definition) is 1. The maximum atomic E-state index is 3.81. The predicted molar refractivity (Wildman–Crippen MR) is 85.1 cm³/mol. The van der Waals surface area contributed by atoms with E-state index in [-0.39, 0.29) is 0 Å². The Morgan fingerprint density at radius 1 is 1.20 bits per heavy atom. The molecule has 2 heteroatoms. The molecule has 2 aliphatic rings. The van der Waals surface area contributed by atoms with Crippen LogP contribution in [0.15, 0.2) is 24.3 Å². The maximum Gasteiger partial charge on any atom is 0.0111 e. The largest absolute Gasteiger partial charge is 0.313 e. The van der Waals surface area contributed by atoms with Crippen molar-refractivity contribution in [3.8, 4) is 0 Å². The molecule has 0 saturated carbocycles. The molecule has 2 nitrogen and oxygen atoms in total. The van der Waals surface area contributed by atoms with Gasteiger partial charge in [-0.05, 0) is 68.8 Å². The second-order valence-corrected chi connectivity index (χ2v) is 6.73. The zero-order valence-corrected chi connectivity index (χ0v) is 12.8. The van der Waals surface area contributed by atoms with E-state index in [0.29, 0.717) is 6.04 Å². The third-order valence-electron chi connectivity index (χ3n) is 4.87. The number of rotatable bonds is 5. The van der Waals surface area contributed by atoms with Gasteiger partial charge in [-0.1, -0.05) is 31.2 Å². The molecule has 0 radical (unpaired) electrons. The van der Waals surface area contributed by atoms with Crippen molar-refractivity contribution in [3.05, 3.63) is 35.4 Å². The summed E-state index contributed by atoms with van der Waals surface area (Å²) in [5.41, 5.74) is 3.12. The van der Waals surface area contributed by atoms with Crippen molar-refractivity contribution in [1.82, 2.24) is 10.2 Å². The van der Waals surface area contributed by atoms with Crippen LogP contribution in [-0.2, 0) is 12.8 Å². The van der Waals surface area contributed by atoms with Gasteiger partial charge in [0.05, 0.1) is 0 Å². The number of fused-ring (bicyclic) bond motifs is 1. The van der Waals surface area contributed by atoms with Crippen LogP contribution in [0.1, 0.15) is 37.3 Å². The highest BCUT2D eigenvalue weighted by Crippen LogP contribution is 2.21. The first-order valence-electron chi connectivity index (χ1n) is 8.34. The first kappa shape index (κ1) is 14.1. The molecule has 0 aromatic heterocycles. The van der Waals surface area contributed by atoms with E-state index < -0.39 is 0 Å². The van der Waals surface area contributed by atoms with Crippen molar-refractivity contribution < 1.29 is 0 Å². The molecule has 1 fully saturated rings. The van der Waals surface area contributed by atoms with Gasteiger partial charge in [-0.15, -0.1) is 0 Å². The topological polar surface area (TPSA) is 15.3 Å². The van der Waals surface area contributed by atoms with Crippen LogP contribution in [0.3, 0.4) is 0 Å². The van der Waals surface area contributed by atoms with Gasteiger partial charge in [-0.25, -0.2) is 0 Å². The van der Waals surface area contributed by atoms with Crippen LogP contribution in [0.4, 0.5) is 0 Å². The zero-order chi connectivity index (χ0) is 13.8.